The van der Waals surface area contributed by atoms with E-state index < -0.39 is 0 Å². The summed E-state index contributed by atoms with van der Waals surface area (Å²) in [5.74, 6) is -0.274. The van der Waals surface area contributed by atoms with Crippen molar-refractivity contribution in [2.45, 2.75) is 51.5 Å². The Morgan fingerprint density at radius 2 is 1.68 bits per heavy atom. The van der Waals surface area contributed by atoms with Gasteiger partial charge in [0.2, 0.25) is 5.91 Å². The van der Waals surface area contributed by atoms with Gasteiger partial charge >= 0.3 is 6.03 Å². The quantitative estimate of drug-likeness (QED) is 0.538. The van der Waals surface area contributed by atoms with E-state index in [0.717, 1.165) is 31.2 Å². The molecular weight excluding hydrogens is 392 g/mol. The van der Waals surface area contributed by atoms with Gasteiger partial charge in [-0.3, -0.25) is 9.59 Å². The number of carbonyl (C=O) groups excluding carboxylic acids is 3. The van der Waals surface area contributed by atoms with E-state index in [4.69, 9.17) is 0 Å². The number of urea groups is 1. The van der Waals surface area contributed by atoms with Crippen LogP contribution in [0, 0.1) is 6.92 Å². The molecule has 0 aliphatic heterocycles. The lowest BCUT2D eigenvalue weighted by atomic mass is 9.95. The zero-order chi connectivity index (χ0) is 22.1. The smallest absolute Gasteiger partial charge is 0.319 e. The number of nitrogens with one attached hydrogen (secondary N) is 4. The molecule has 1 fully saturated rings. The van der Waals surface area contributed by atoms with E-state index in [1.54, 1.807) is 30.3 Å². The topological polar surface area (TPSA) is 99.3 Å². The Morgan fingerprint density at radius 1 is 0.935 bits per heavy atom. The normalized spacial score (nSPS) is 13.8. The molecule has 4 N–H and O–H groups in total. The first-order chi connectivity index (χ1) is 15.0. The van der Waals surface area contributed by atoms with E-state index in [1.165, 1.54) is 6.42 Å². The molecule has 0 saturated heterocycles. The van der Waals surface area contributed by atoms with Gasteiger partial charge in [-0.05, 0) is 55.7 Å². The van der Waals surface area contributed by atoms with Crippen molar-refractivity contribution in [1.29, 1.82) is 0 Å². The van der Waals surface area contributed by atoms with Crippen LogP contribution in [0.25, 0.3) is 0 Å². The molecule has 0 atom stereocenters. The third-order valence-corrected chi connectivity index (χ3v) is 5.37. The summed E-state index contributed by atoms with van der Waals surface area (Å²) in [6.07, 6.45) is 5.79. The van der Waals surface area contributed by atoms with Crippen LogP contribution in [-0.4, -0.2) is 30.4 Å². The van der Waals surface area contributed by atoms with Crippen LogP contribution in [0.3, 0.4) is 0 Å². The lowest BCUT2D eigenvalue weighted by Crippen LogP contribution is -2.36. The van der Waals surface area contributed by atoms with Crippen LogP contribution in [0.4, 0.5) is 16.2 Å². The molecular formula is C24H30N4O3. The second kappa shape index (κ2) is 11.2. The minimum atomic E-state index is -0.358. The van der Waals surface area contributed by atoms with Crippen LogP contribution in [0.15, 0.2) is 48.5 Å². The van der Waals surface area contributed by atoms with Crippen LogP contribution in [0.5, 0.6) is 0 Å². The van der Waals surface area contributed by atoms with E-state index in [9.17, 15) is 14.4 Å². The lowest BCUT2D eigenvalue weighted by Gasteiger charge is -2.23. The van der Waals surface area contributed by atoms with Crippen LogP contribution in [0.2, 0.25) is 0 Å². The predicted molar refractivity (Wildman–Crippen MR) is 122 cm³/mol. The first kappa shape index (κ1) is 22.3. The van der Waals surface area contributed by atoms with Gasteiger partial charge in [-0.15, -0.1) is 0 Å². The van der Waals surface area contributed by atoms with Crippen molar-refractivity contribution in [3.63, 3.8) is 0 Å². The van der Waals surface area contributed by atoms with Crippen LogP contribution >= 0.6 is 0 Å². The fourth-order valence-corrected chi connectivity index (χ4v) is 3.66. The summed E-state index contributed by atoms with van der Waals surface area (Å²) < 4.78 is 0. The zero-order valence-corrected chi connectivity index (χ0v) is 17.9. The molecule has 31 heavy (non-hydrogen) atoms. The standard InChI is InChI=1S/C24H30N4O3/c1-17-16-18(23(30)26-19-8-4-2-5-9-19)12-13-21(17)28-22(29)14-15-25-24(31)27-20-10-6-3-7-11-20/h3,6-7,10-13,16,19H,2,4-5,8-9,14-15H2,1H3,(H,26,30)(H,28,29)(H2,25,27,31). The number of anilines is 2. The molecule has 3 rings (SSSR count). The number of hydrogen-bond acceptors (Lipinski definition) is 3. The molecule has 0 radical (unpaired) electrons. The highest BCUT2D eigenvalue weighted by Crippen LogP contribution is 2.20. The zero-order valence-electron chi connectivity index (χ0n) is 17.9. The van der Waals surface area contributed by atoms with Crippen molar-refractivity contribution in [3.8, 4) is 0 Å². The number of hydrogen-bond donors (Lipinski definition) is 4. The maximum atomic E-state index is 12.5. The van der Waals surface area contributed by atoms with Crippen LogP contribution in [0.1, 0.15) is 54.4 Å². The Balaban J connectivity index is 1.43. The number of carbonyl (C=O) groups is 3. The second-order valence-corrected chi connectivity index (χ2v) is 7.88. The molecule has 7 nitrogen and oxygen atoms in total. The third kappa shape index (κ3) is 7.13. The van der Waals surface area contributed by atoms with Gasteiger partial charge in [-0.25, -0.2) is 4.79 Å². The fraction of sp³-hybridized carbons (Fsp3) is 0.375. The molecule has 0 spiro atoms. The molecule has 2 aromatic carbocycles. The van der Waals surface area contributed by atoms with Gasteiger partial charge in [0.05, 0.1) is 0 Å². The summed E-state index contributed by atoms with van der Waals surface area (Å²) in [7, 11) is 0. The molecule has 2 aromatic rings. The molecule has 0 heterocycles. The average Bonchev–Trinajstić information content (AvgIpc) is 2.76. The Labute approximate surface area is 183 Å². The predicted octanol–water partition coefficient (Wildman–Crippen LogP) is 4.21. The highest BCUT2D eigenvalue weighted by Gasteiger charge is 2.17. The molecule has 0 aromatic heterocycles. The number of amides is 4. The Hall–Kier alpha value is -3.35. The Kier molecular flexibility index (Phi) is 8.04. The van der Waals surface area contributed by atoms with E-state index in [0.29, 0.717) is 16.9 Å². The van der Waals surface area contributed by atoms with Crippen molar-refractivity contribution in [2.75, 3.05) is 17.2 Å². The van der Waals surface area contributed by atoms with Gasteiger partial charge in [-0.2, -0.15) is 0 Å². The molecule has 0 bridgehead atoms. The summed E-state index contributed by atoms with van der Waals surface area (Å²) >= 11 is 0. The largest absolute Gasteiger partial charge is 0.349 e. The molecule has 0 unspecified atom stereocenters. The SMILES string of the molecule is Cc1cc(C(=O)NC2CCCCC2)ccc1NC(=O)CCNC(=O)Nc1ccccc1. The van der Waals surface area contributed by atoms with E-state index in [1.807, 2.05) is 25.1 Å². The van der Waals surface area contributed by atoms with Gasteiger partial charge in [-0.1, -0.05) is 37.5 Å². The van der Waals surface area contributed by atoms with Crippen molar-refractivity contribution in [1.82, 2.24) is 10.6 Å². The lowest BCUT2D eigenvalue weighted by molar-refractivity contribution is -0.116. The van der Waals surface area contributed by atoms with Crippen molar-refractivity contribution < 1.29 is 14.4 Å². The Morgan fingerprint density at radius 3 is 2.39 bits per heavy atom. The highest BCUT2D eigenvalue weighted by molar-refractivity contribution is 5.97. The molecule has 1 aliphatic rings. The fourth-order valence-electron chi connectivity index (χ4n) is 3.66. The molecule has 1 aliphatic carbocycles. The average molecular weight is 423 g/mol. The second-order valence-electron chi connectivity index (χ2n) is 7.88. The number of benzene rings is 2. The molecule has 1 saturated carbocycles. The Bertz CT molecular complexity index is 908. The van der Waals surface area contributed by atoms with Crippen LogP contribution in [-0.2, 0) is 4.79 Å². The summed E-state index contributed by atoms with van der Waals surface area (Å²) in [4.78, 5) is 36.6. The summed E-state index contributed by atoms with van der Waals surface area (Å²) in [5, 5.41) is 11.3. The van der Waals surface area contributed by atoms with Gasteiger partial charge in [0.1, 0.15) is 0 Å². The summed E-state index contributed by atoms with van der Waals surface area (Å²) in [6.45, 7) is 2.07. The van der Waals surface area contributed by atoms with Crippen molar-refractivity contribution in [2.24, 2.45) is 0 Å². The van der Waals surface area contributed by atoms with Gasteiger partial charge in [0, 0.05) is 35.9 Å². The third-order valence-electron chi connectivity index (χ3n) is 5.37. The van der Waals surface area contributed by atoms with E-state index >= 15 is 0 Å². The first-order valence-electron chi connectivity index (χ1n) is 10.8. The maximum Gasteiger partial charge on any atom is 0.319 e. The van der Waals surface area contributed by atoms with Crippen molar-refractivity contribution in [3.05, 3.63) is 59.7 Å². The number of para-hydroxylation sites is 1. The summed E-state index contributed by atoms with van der Waals surface area (Å²) in [6, 6.07) is 14.3. The summed E-state index contributed by atoms with van der Waals surface area (Å²) in [5.41, 5.74) is 2.76. The monoisotopic (exact) mass is 422 g/mol. The highest BCUT2D eigenvalue weighted by atomic mass is 16.2. The number of rotatable bonds is 7. The number of aryl methyl sites for hydroxylation is 1. The van der Waals surface area contributed by atoms with Gasteiger partial charge < -0.3 is 21.3 Å². The van der Waals surface area contributed by atoms with Crippen molar-refractivity contribution >= 4 is 29.2 Å². The minimum Gasteiger partial charge on any atom is -0.349 e. The maximum absolute atomic E-state index is 12.5. The first-order valence-corrected chi connectivity index (χ1v) is 10.8. The molecule has 7 heteroatoms. The van der Waals surface area contributed by atoms with E-state index in [2.05, 4.69) is 21.3 Å². The molecule has 4 amide bonds. The van der Waals surface area contributed by atoms with Gasteiger partial charge in [0.25, 0.3) is 5.91 Å². The minimum absolute atomic E-state index is 0.0681. The van der Waals surface area contributed by atoms with Gasteiger partial charge in [0.15, 0.2) is 0 Å². The molecule has 164 valence electrons. The van der Waals surface area contributed by atoms with E-state index in [-0.39, 0.29) is 36.9 Å². The van der Waals surface area contributed by atoms with Crippen LogP contribution < -0.4 is 21.3 Å².